The van der Waals surface area contributed by atoms with Crippen LogP contribution in [-0.4, -0.2) is 59.3 Å². The third-order valence-electron chi connectivity index (χ3n) is 4.09. The Bertz CT molecular complexity index is 772. The van der Waals surface area contributed by atoms with E-state index in [2.05, 4.69) is 15.0 Å². The van der Waals surface area contributed by atoms with Crippen molar-refractivity contribution in [3.63, 3.8) is 0 Å². The number of hydrogen-bond donors (Lipinski definition) is 1. The summed E-state index contributed by atoms with van der Waals surface area (Å²) in [6.07, 6.45) is -0.213. The molecule has 1 aromatic rings. The van der Waals surface area contributed by atoms with E-state index in [1.165, 1.54) is 24.1 Å². The van der Waals surface area contributed by atoms with E-state index in [9.17, 15) is 14.4 Å². The number of likely N-dealkylation sites (tertiary alicyclic amines) is 1. The first-order valence-electron chi connectivity index (χ1n) is 8.21. The number of hydrogen-bond acceptors (Lipinski definition) is 7. The number of amides is 2. The number of anilines is 1. The average Bonchev–Trinajstić information content (AvgIpc) is 2.98. The fourth-order valence-corrected chi connectivity index (χ4v) is 2.83. The van der Waals surface area contributed by atoms with Crippen LogP contribution in [0.25, 0.3) is 0 Å². The summed E-state index contributed by atoms with van der Waals surface area (Å²) in [4.78, 5) is 42.0. The summed E-state index contributed by atoms with van der Waals surface area (Å²) in [7, 11) is 1.25. The highest BCUT2D eigenvalue weighted by Crippen LogP contribution is 2.37. The molecule has 3 heterocycles. The summed E-state index contributed by atoms with van der Waals surface area (Å²) in [6.45, 7) is 5.67. The molecule has 1 spiro atoms. The van der Waals surface area contributed by atoms with Gasteiger partial charge < -0.3 is 24.4 Å². The molecular weight excluding hydrogens is 342 g/mol. The van der Waals surface area contributed by atoms with Crippen molar-refractivity contribution in [1.82, 2.24) is 9.88 Å². The second-order valence-corrected chi connectivity index (χ2v) is 7.24. The van der Waals surface area contributed by atoms with Crippen LogP contribution in [0.15, 0.2) is 12.1 Å². The lowest BCUT2D eigenvalue weighted by Crippen LogP contribution is -2.53. The minimum absolute atomic E-state index is 0.0390. The maximum Gasteiger partial charge on any atom is 0.410 e. The molecule has 2 aliphatic rings. The molecule has 1 unspecified atom stereocenters. The van der Waals surface area contributed by atoms with Crippen molar-refractivity contribution in [3.05, 3.63) is 17.8 Å². The van der Waals surface area contributed by atoms with Gasteiger partial charge in [0.2, 0.25) is 11.5 Å². The summed E-state index contributed by atoms with van der Waals surface area (Å²) in [6, 6.07) is 2.97. The van der Waals surface area contributed by atoms with Gasteiger partial charge in [0, 0.05) is 13.0 Å². The molecule has 9 heteroatoms. The Balaban J connectivity index is 1.81. The van der Waals surface area contributed by atoms with Gasteiger partial charge in [-0.15, -0.1) is 0 Å². The molecule has 3 rings (SSSR count). The quantitative estimate of drug-likeness (QED) is 0.755. The molecule has 2 amide bonds. The summed E-state index contributed by atoms with van der Waals surface area (Å²) in [5, 5.41) is 2.73. The Labute approximate surface area is 150 Å². The number of esters is 1. The monoisotopic (exact) mass is 363 g/mol. The van der Waals surface area contributed by atoms with E-state index in [-0.39, 0.29) is 24.0 Å². The number of ether oxygens (including phenoxy) is 3. The fraction of sp³-hybridized carbons (Fsp3) is 0.529. The van der Waals surface area contributed by atoms with Gasteiger partial charge >= 0.3 is 12.1 Å². The minimum atomic E-state index is -1.26. The highest BCUT2D eigenvalue weighted by atomic mass is 16.6. The average molecular weight is 363 g/mol. The number of fused-ring (bicyclic) bond motifs is 1. The van der Waals surface area contributed by atoms with Crippen molar-refractivity contribution < 1.29 is 28.6 Å². The molecule has 1 fully saturated rings. The number of aromatic nitrogens is 1. The van der Waals surface area contributed by atoms with Gasteiger partial charge in [-0.05, 0) is 32.9 Å². The SMILES string of the molecule is COC(=O)c1ccc2c(n1)OC1(CCN(C(=O)OC(C)(C)C)C1)C(=O)N2. The standard InChI is InChI=1S/C17H21N3O6/c1-16(2,3)26-15(23)20-8-7-17(9-20)14(22)19-10-5-6-11(13(21)24-4)18-12(10)25-17/h5-6H,7-9H2,1-4H3,(H,19,22). The molecule has 0 saturated carbocycles. The van der Waals surface area contributed by atoms with E-state index >= 15 is 0 Å². The second kappa shape index (κ2) is 6.15. The van der Waals surface area contributed by atoms with Crippen LogP contribution >= 0.6 is 0 Å². The lowest BCUT2D eigenvalue weighted by atomic mass is 10.0. The molecule has 9 nitrogen and oxygen atoms in total. The molecule has 140 valence electrons. The van der Waals surface area contributed by atoms with Crippen LogP contribution in [0, 0.1) is 0 Å². The van der Waals surface area contributed by atoms with Crippen LogP contribution in [0.2, 0.25) is 0 Å². The van der Waals surface area contributed by atoms with Crippen LogP contribution < -0.4 is 10.1 Å². The summed E-state index contributed by atoms with van der Waals surface area (Å²) < 4.78 is 15.9. The lowest BCUT2D eigenvalue weighted by molar-refractivity contribution is -0.131. The van der Waals surface area contributed by atoms with Crippen molar-refractivity contribution >= 4 is 23.7 Å². The van der Waals surface area contributed by atoms with Crippen LogP contribution in [0.1, 0.15) is 37.7 Å². The van der Waals surface area contributed by atoms with Gasteiger partial charge in [0.25, 0.3) is 5.91 Å². The molecule has 1 saturated heterocycles. The van der Waals surface area contributed by atoms with Gasteiger partial charge in [0.1, 0.15) is 11.3 Å². The minimum Gasteiger partial charge on any atom is -0.464 e. The molecule has 0 aromatic carbocycles. The number of carbonyl (C=O) groups is 3. The van der Waals surface area contributed by atoms with E-state index in [0.717, 1.165) is 0 Å². The van der Waals surface area contributed by atoms with E-state index in [1.54, 1.807) is 20.8 Å². The molecule has 0 radical (unpaired) electrons. The highest BCUT2D eigenvalue weighted by Gasteiger charge is 2.52. The third kappa shape index (κ3) is 3.29. The molecule has 2 aliphatic heterocycles. The van der Waals surface area contributed by atoms with Gasteiger partial charge in [-0.2, -0.15) is 0 Å². The van der Waals surface area contributed by atoms with Crippen LogP contribution in [0.3, 0.4) is 0 Å². The summed E-state index contributed by atoms with van der Waals surface area (Å²) in [5.74, 6) is -0.841. The smallest absolute Gasteiger partial charge is 0.410 e. The Morgan fingerprint density at radius 2 is 2.08 bits per heavy atom. The second-order valence-electron chi connectivity index (χ2n) is 7.24. The van der Waals surface area contributed by atoms with Crippen molar-refractivity contribution in [2.24, 2.45) is 0 Å². The van der Waals surface area contributed by atoms with Crippen molar-refractivity contribution in [1.29, 1.82) is 0 Å². The number of methoxy groups -OCH3 is 1. The molecule has 0 bridgehead atoms. The van der Waals surface area contributed by atoms with Crippen molar-refractivity contribution in [3.8, 4) is 5.88 Å². The molecule has 26 heavy (non-hydrogen) atoms. The van der Waals surface area contributed by atoms with E-state index in [1.807, 2.05) is 0 Å². The Morgan fingerprint density at radius 3 is 2.73 bits per heavy atom. The van der Waals surface area contributed by atoms with Gasteiger partial charge in [0.05, 0.1) is 13.7 Å². The van der Waals surface area contributed by atoms with E-state index in [4.69, 9.17) is 9.47 Å². The molecule has 0 aliphatic carbocycles. The molecular formula is C17H21N3O6. The highest BCUT2D eigenvalue weighted by molar-refractivity contribution is 6.01. The fourth-order valence-electron chi connectivity index (χ4n) is 2.83. The van der Waals surface area contributed by atoms with Gasteiger partial charge in [-0.25, -0.2) is 14.6 Å². The zero-order valence-corrected chi connectivity index (χ0v) is 15.1. The van der Waals surface area contributed by atoms with Crippen molar-refractivity contribution in [2.45, 2.75) is 38.4 Å². The van der Waals surface area contributed by atoms with Gasteiger partial charge in [0.15, 0.2) is 5.69 Å². The Hall–Kier alpha value is -2.84. The predicted octanol–water partition coefficient (Wildman–Crippen LogP) is 1.58. The Kier molecular flexibility index (Phi) is 4.25. The van der Waals surface area contributed by atoms with Gasteiger partial charge in [-0.3, -0.25) is 4.79 Å². The number of carbonyl (C=O) groups excluding carboxylic acids is 3. The zero-order chi connectivity index (χ0) is 19.1. The van der Waals surface area contributed by atoms with Crippen LogP contribution in [0.5, 0.6) is 5.88 Å². The van der Waals surface area contributed by atoms with E-state index < -0.39 is 23.3 Å². The predicted molar refractivity (Wildman–Crippen MR) is 90.0 cm³/mol. The number of pyridine rings is 1. The molecule has 1 aromatic heterocycles. The summed E-state index contributed by atoms with van der Waals surface area (Å²) in [5.41, 5.74) is -1.46. The first kappa shape index (κ1) is 18.0. The van der Waals surface area contributed by atoms with Gasteiger partial charge in [-0.1, -0.05) is 0 Å². The zero-order valence-electron chi connectivity index (χ0n) is 15.1. The normalized spacial score (nSPS) is 21.7. The maximum atomic E-state index is 12.6. The maximum absolute atomic E-state index is 12.6. The third-order valence-corrected chi connectivity index (χ3v) is 4.09. The Morgan fingerprint density at radius 1 is 1.35 bits per heavy atom. The van der Waals surface area contributed by atoms with Crippen LogP contribution in [0.4, 0.5) is 10.5 Å². The number of nitrogens with zero attached hydrogens (tertiary/aromatic N) is 2. The molecule has 1 N–H and O–H groups in total. The first-order chi connectivity index (χ1) is 12.1. The summed E-state index contributed by atoms with van der Waals surface area (Å²) >= 11 is 0. The van der Waals surface area contributed by atoms with E-state index in [0.29, 0.717) is 18.7 Å². The van der Waals surface area contributed by atoms with Crippen molar-refractivity contribution in [2.75, 3.05) is 25.5 Å². The molecule has 1 atom stereocenters. The first-order valence-corrected chi connectivity index (χ1v) is 8.21. The lowest BCUT2D eigenvalue weighted by Gasteiger charge is -2.33. The largest absolute Gasteiger partial charge is 0.464 e. The van der Waals surface area contributed by atoms with Crippen LogP contribution in [-0.2, 0) is 14.3 Å². The number of nitrogens with one attached hydrogen (secondary N) is 1. The number of rotatable bonds is 1. The topological polar surface area (TPSA) is 107 Å².